The molecule has 0 amide bonds. The van der Waals surface area contributed by atoms with E-state index in [1.54, 1.807) is 0 Å². The number of benzene rings is 1. The number of aliphatic imine (C=N–C) groups is 1. The van der Waals surface area contributed by atoms with Crippen molar-refractivity contribution in [2.45, 2.75) is 39.8 Å². The van der Waals surface area contributed by atoms with Crippen molar-refractivity contribution in [2.75, 3.05) is 27.2 Å². The van der Waals surface area contributed by atoms with E-state index in [2.05, 4.69) is 72.7 Å². The van der Waals surface area contributed by atoms with E-state index in [4.69, 9.17) is 0 Å². The van der Waals surface area contributed by atoms with Gasteiger partial charge in [-0.25, -0.2) is 4.99 Å². The zero-order valence-electron chi connectivity index (χ0n) is 13.9. The molecule has 0 saturated heterocycles. The quantitative estimate of drug-likeness (QED) is 0.439. The molecule has 0 heterocycles. The lowest BCUT2D eigenvalue weighted by atomic mass is 10.1. The second kappa shape index (κ2) is 10.2. The molecule has 0 spiro atoms. The fraction of sp³-hybridized carbons (Fsp3) is 0.588. The molecule has 0 saturated carbocycles. The number of hydrogen-bond donors (Lipinski definition) is 2. The van der Waals surface area contributed by atoms with Crippen LogP contribution in [-0.2, 0) is 13.1 Å². The van der Waals surface area contributed by atoms with Crippen molar-refractivity contribution in [3.63, 3.8) is 0 Å². The minimum absolute atomic E-state index is 0.712. The standard InChI is InChI=1S/C17H30N4/c1-5-7-12-19-17(18-6-2)20-13-15-8-10-16(11-9-15)14-21(3)4/h8-11H,5-7,12-14H2,1-4H3,(H2,18,19,20). The Balaban J connectivity index is 2.54. The number of nitrogens with zero attached hydrogens (tertiary/aromatic N) is 2. The Labute approximate surface area is 129 Å². The highest BCUT2D eigenvalue weighted by molar-refractivity contribution is 5.79. The van der Waals surface area contributed by atoms with Crippen molar-refractivity contribution in [3.05, 3.63) is 35.4 Å². The van der Waals surface area contributed by atoms with E-state index in [1.165, 1.54) is 24.0 Å². The molecule has 1 rings (SSSR count). The average Bonchev–Trinajstić information content (AvgIpc) is 2.46. The van der Waals surface area contributed by atoms with E-state index in [9.17, 15) is 0 Å². The molecule has 4 nitrogen and oxygen atoms in total. The molecule has 0 fully saturated rings. The summed E-state index contributed by atoms with van der Waals surface area (Å²) >= 11 is 0. The smallest absolute Gasteiger partial charge is 0.191 e. The maximum absolute atomic E-state index is 4.63. The Morgan fingerprint density at radius 1 is 1.05 bits per heavy atom. The molecule has 1 aromatic carbocycles. The Bertz CT molecular complexity index is 409. The highest BCUT2D eigenvalue weighted by atomic mass is 15.2. The minimum Gasteiger partial charge on any atom is -0.357 e. The van der Waals surface area contributed by atoms with E-state index >= 15 is 0 Å². The van der Waals surface area contributed by atoms with Gasteiger partial charge in [-0.15, -0.1) is 0 Å². The van der Waals surface area contributed by atoms with Crippen LogP contribution in [0.15, 0.2) is 29.3 Å². The van der Waals surface area contributed by atoms with Gasteiger partial charge in [0.1, 0.15) is 0 Å². The molecule has 0 unspecified atom stereocenters. The Hall–Kier alpha value is -1.55. The molecule has 1 aromatic rings. The normalized spacial score (nSPS) is 11.8. The summed E-state index contributed by atoms with van der Waals surface area (Å²) in [5.41, 5.74) is 2.57. The third-order valence-corrected chi connectivity index (χ3v) is 3.11. The van der Waals surface area contributed by atoms with Crippen molar-refractivity contribution >= 4 is 5.96 Å². The van der Waals surface area contributed by atoms with Crippen LogP contribution in [0, 0.1) is 0 Å². The molecule has 0 aliphatic heterocycles. The molecule has 118 valence electrons. The molecular weight excluding hydrogens is 260 g/mol. The lowest BCUT2D eigenvalue weighted by Gasteiger charge is -2.11. The van der Waals surface area contributed by atoms with Crippen LogP contribution >= 0.6 is 0 Å². The number of guanidine groups is 1. The minimum atomic E-state index is 0.712. The predicted molar refractivity (Wildman–Crippen MR) is 91.6 cm³/mol. The van der Waals surface area contributed by atoms with Crippen LogP contribution in [0.3, 0.4) is 0 Å². The molecule has 0 atom stereocenters. The Morgan fingerprint density at radius 3 is 2.29 bits per heavy atom. The molecule has 4 heteroatoms. The van der Waals surface area contributed by atoms with Crippen molar-refractivity contribution < 1.29 is 0 Å². The molecule has 0 bridgehead atoms. The number of rotatable bonds is 8. The van der Waals surface area contributed by atoms with Gasteiger partial charge in [-0.2, -0.15) is 0 Å². The number of nitrogens with one attached hydrogen (secondary N) is 2. The van der Waals surface area contributed by atoms with Crippen molar-refractivity contribution in [1.29, 1.82) is 0 Å². The highest BCUT2D eigenvalue weighted by Crippen LogP contribution is 2.07. The van der Waals surface area contributed by atoms with Gasteiger partial charge in [-0.3, -0.25) is 0 Å². The van der Waals surface area contributed by atoms with Gasteiger partial charge < -0.3 is 15.5 Å². The summed E-state index contributed by atoms with van der Waals surface area (Å²) in [4.78, 5) is 6.80. The van der Waals surface area contributed by atoms with Gasteiger partial charge in [0.2, 0.25) is 0 Å². The van der Waals surface area contributed by atoms with Gasteiger partial charge in [0.15, 0.2) is 5.96 Å². The maximum atomic E-state index is 4.63. The third kappa shape index (κ3) is 7.71. The molecule has 0 aliphatic rings. The van der Waals surface area contributed by atoms with Crippen LogP contribution < -0.4 is 10.6 Å². The van der Waals surface area contributed by atoms with Crippen LogP contribution in [0.25, 0.3) is 0 Å². The van der Waals surface area contributed by atoms with E-state index in [0.29, 0.717) is 6.54 Å². The first kappa shape index (κ1) is 17.5. The fourth-order valence-electron chi connectivity index (χ4n) is 2.01. The largest absolute Gasteiger partial charge is 0.357 e. The van der Waals surface area contributed by atoms with Crippen LogP contribution in [0.5, 0.6) is 0 Å². The first-order valence-corrected chi connectivity index (χ1v) is 7.90. The Morgan fingerprint density at radius 2 is 1.71 bits per heavy atom. The van der Waals surface area contributed by atoms with E-state index in [1.807, 2.05) is 0 Å². The van der Waals surface area contributed by atoms with E-state index < -0.39 is 0 Å². The summed E-state index contributed by atoms with van der Waals surface area (Å²) in [6, 6.07) is 8.69. The second-order valence-corrected chi connectivity index (χ2v) is 5.53. The van der Waals surface area contributed by atoms with Crippen LogP contribution in [0.1, 0.15) is 37.8 Å². The van der Waals surface area contributed by atoms with E-state index in [0.717, 1.165) is 25.6 Å². The van der Waals surface area contributed by atoms with Crippen LogP contribution in [0.2, 0.25) is 0 Å². The van der Waals surface area contributed by atoms with Crippen LogP contribution in [-0.4, -0.2) is 38.0 Å². The maximum Gasteiger partial charge on any atom is 0.191 e. The summed E-state index contributed by atoms with van der Waals surface area (Å²) in [5.74, 6) is 0.906. The summed E-state index contributed by atoms with van der Waals surface area (Å²) in [6.07, 6.45) is 2.36. The topological polar surface area (TPSA) is 39.7 Å². The summed E-state index contributed by atoms with van der Waals surface area (Å²) < 4.78 is 0. The molecule has 0 aromatic heterocycles. The molecular formula is C17H30N4. The van der Waals surface area contributed by atoms with Gasteiger partial charge in [0.25, 0.3) is 0 Å². The van der Waals surface area contributed by atoms with Crippen LogP contribution in [0.4, 0.5) is 0 Å². The SMILES string of the molecule is CCCCNC(=NCc1ccc(CN(C)C)cc1)NCC. The summed E-state index contributed by atoms with van der Waals surface area (Å²) in [7, 11) is 4.17. The van der Waals surface area contributed by atoms with Crippen molar-refractivity contribution in [3.8, 4) is 0 Å². The van der Waals surface area contributed by atoms with Gasteiger partial charge >= 0.3 is 0 Å². The average molecular weight is 290 g/mol. The molecule has 21 heavy (non-hydrogen) atoms. The lowest BCUT2D eigenvalue weighted by Crippen LogP contribution is -2.37. The number of unbranched alkanes of at least 4 members (excludes halogenated alkanes) is 1. The van der Waals surface area contributed by atoms with E-state index in [-0.39, 0.29) is 0 Å². The summed E-state index contributed by atoms with van der Waals surface area (Å²) in [5, 5.41) is 6.64. The summed E-state index contributed by atoms with van der Waals surface area (Å²) in [6.45, 7) is 7.84. The Kier molecular flexibility index (Phi) is 8.51. The van der Waals surface area contributed by atoms with Gasteiger partial charge in [0.05, 0.1) is 6.54 Å². The van der Waals surface area contributed by atoms with Crippen molar-refractivity contribution in [1.82, 2.24) is 15.5 Å². The molecule has 0 aliphatic carbocycles. The first-order valence-electron chi connectivity index (χ1n) is 7.90. The molecule has 2 N–H and O–H groups in total. The highest BCUT2D eigenvalue weighted by Gasteiger charge is 1.98. The van der Waals surface area contributed by atoms with Crippen molar-refractivity contribution in [2.24, 2.45) is 4.99 Å². The number of hydrogen-bond acceptors (Lipinski definition) is 2. The molecule has 0 radical (unpaired) electrons. The zero-order chi connectivity index (χ0) is 15.5. The van der Waals surface area contributed by atoms with Gasteiger partial charge in [-0.1, -0.05) is 37.6 Å². The monoisotopic (exact) mass is 290 g/mol. The lowest BCUT2D eigenvalue weighted by molar-refractivity contribution is 0.402. The predicted octanol–water partition coefficient (Wildman–Crippen LogP) is 2.60. The zero-order valence-corrected chi connectivity index (χ0v) is 13.9. The fourth-order valence-corrected chi connectivity index (χ4v) is 2.01. The first-order chi connectivity index (χ1) is 10.2. The van der Waals surface area contributed by atoms with Gasteiger partial charge in [-0.05, 0) is 38.6 Å². The second-order valence-electron chi connectivity index (χ2n) is 5.53. The third-order valence-electron chi connectivity index (χ3n) is 3.11. The van der Waals surface area contributed by atoms with Gasteiger partial charge in [0, 0.05) is 19.6 Å².